The minimum atomic E-state index is -0.530. The molecule has 3 rings (SSSR count). The molecule has 3 N–H and O–H groups in total. The van der Waals surface area contributed by atoms with E-state index in [0.29, 0.717) is 34.9 Å². The van der Waals surface area contributed by atoms with Crippen LogP contribution in [0.15, 0.2) is 18.2 Å². The van der Waals surface area contributed by atoms with E-state index in [-0.39, 0.29) is 11.6 Å². The van der Waals surface area contributed by atoms with Crippen molar-refractivity contribution < 1.29 is 24.0 Å². The quantitative estimate of drug-likeness (QED) is 0.703. The fourth-order valence-electron chi connectivity index (χ4n) is 3.67. The number of hydrogen-bond acceptors (Lipinski definition) is 4. The number of carbonyl (C=O) groups is 2. The lowest BCUT2D eigenvalue weighted by atomic mass is 10.0. The second-order valence-electron chi connectivity index (χ2n) is 6.78. The predicted molar refractivity (Wildman–Crippen MR) is 98.8 cm³/mol. The SMILES string of the molecule is COC(=O)c1[nH]c2cccc(OC)c2c1NC(=O)C[NH+]1CCCC[C@H]1C. The van der Waals surface area contributed by atoms with Crippen LogP contribution in [0.4, 0.5) is 5.69 Å². The molecule has 1 saturated heterocycles. The zero-order chi connectivity index (χ0) is 18.7. The van der Waals surface area contributed by atoms with Gasteiger partial charge in [-0.3, -0.25) is 4.79 Å². The maximum absolute atomic E-state index is 12.7. The van der Waals surface area contributed by atoms with Crippen LogP contribution in [0.1, 0.15) is 36.7 Å². The number of carbonyl (C=O) groups excluding carboxylic acids is 2. The van der Waals surface area contributed by atoms with Crippen LogP contribution in [0, 0.1) is 0 Å². The molecule has 0 aliphatic carbocycles. The van der Waals surface area contributed by atoms with Gasteiger partial charge in [0.2, 0.25) is 0 Å². The summed E-state index contributed by atoms with van der Waals surface area (Å²) in [5.41, 5.74) is 1.35. The third-order valence-electron chi connectivity index (χ3n) is 5.13. The number of likely N-dealkylation sites (tertiary alicyclic amines) is 1. The summed E-state index contributed by atoms with van der Waals surface area (Å²) >= 11 is 0. The van der Waals surface area contributed by atoms with Crippen molar-refractivity contribution in [3.8, 4) is 5.75 Å². The molecule has 0 spiro atoms. The first-order valence-corrected chi connectivity index (χ1v) is 8.96. The third-order valence-corrected chi connectivity index (χ3v) is 5.13. The second kappa shape index (κ2) is 7.78. The van der Waals surface area contributed by atoms with E-state index in [2.05, 4.69) is 17.2 Å². The molecule has 0 saturated carbocycles. The fourth-order valence-corrected chi connectivity index (χ4v) is 3.67. The maximum Gasteiger partial charge on any atom is 0.356 e. The standard InChI is InChI=1S/C19H25N3O4/c1-12-7-4-5-10-22(12)11-15(23)21-17-16-13(8-6-9-14(16)25-2)20-18(17)19(24)26-3/h6,8-9,12,20H,4-5,7,10-11H2,1-3H3,(H,21,23)/p+1/t12-/m1/s1. The lowest BCUT2D eigenvalue weighted by Gasteiger charge is -2.29. The molecule has 1 aromatic heterocycles. The molecule has 2 heterocycles. The number of piperidine rings is 1. The van der Waals surface area contributed by atoms with Crippen molar-refractivity contribution in [3.63, 3.8) is 0 Å². The van der Waals surface area contributed by atoms with E-state index in [0.717, 1.165) is 19.4 Å². The Hall–Kier alpha value is -2.54. The highest BCUT2D eigenvalue weighted by atomic mass is 16.5. The van der Waals surface area contributed by atoms with E-state index in [4.69, 9.17) is 9.47 Å². The van der Waals surface area contributed by atoms with Crippen molar-refractivity contribution in [1.29, 1.82) is 0 Å². The Bertz CT molecular complexity index is 814. The van der Waals surface area contributed by atoms with Gasteiger partial charge in [0.15, 0.2) is 6.54 Å². The molecule has 1 aliphatic rings. The number of amides is 1. The lowest BCUT2D eigenvalue weighted by Crippen LogP contribution is -3.17. The summed E-state index contributed by atoms with van der Waals surface area (Å²) in [5, 5.41) is 3.59. The summed E-state index contributed by atoms with van der Waals surface area (Å²) in [6.45, 7) is 3.55. The van der Waals surface area contributed by atoms with E-state index in [9.17, 15) is 9.59 Å². The van der Waals surface area contributed by atoms with E-state index >= 15 is 0 Å². The number of fused-ring (bicyclic) bond motifs is 1. The molecule has 1 aliphatic heterocycles. The Kier molecular flexibility index (Phi) is 5.46. The number of hydrogen-bond donors (Lipinski definition) is 3. The van der Waals surface area contributed by atoms with Gasteiger partial charge in [0.05, 0.1) is 43.4 Å². The number of ether oxygens (including phenoxy) is 2. The monoisotopic (exact) mass is 360 g/mol. The van der Waals surface area contributed by atoms with Crippen LogP contribution >= 0.6 is 0 Å². The van der Waals surface area contributed by atoms with Gasteiger partial charge in [-0.05, 0) is 38.3 Å². The molecular formula is C19H26N3O4+. The first-order chi connectivity index (χ1) is 12.5. The number of rotatable bonds is 5. The van der Waals surface area contributed by atoms with Crippen molar-refractivity contribution in [2.75, 3.05) is 32.6 Å². The first kappa shape index (κ1) is 18.3. The zero-order valence-electron chi connectivity index (χ0n) is 15.5. The van der Waals surface area contributed by atoms with Crippen LogP contribution in [-0.4, -0.2) is 50.2 Å². The summed E-state index contributed by atoms with van der Waals surface area (Å²) in [7, 11) is 2.88. The van der Waals surface area contributed by atoms with E-state index in [1.807, 2.05) is 12.1 Å². The predicted octanol–water partition coefficient (Wildman–Crippen LogP) is 1.36. The van der Waals surface area contributed by atoms with Gasteiger partial charge in [-0.15, -0.1) is 0 Å². The maximum atomic E-state index is 12.7. The minimum Gasteiger partial charge on any atom is -0.496 e. The van der Waals surface area contributed by atoms with Crippen LogP contribution in [0.3, 0.4) is 0 Å². The Labute approximate surface area is 152 Å². The highest BCUT2D eigenvalue weighted by Gasteiger charge is 2.27. The summed E-state index contributed by atoms with van der Waals surface area (Å²) in [5.74, 6) is -0.0640. The number of quaternary nitrogens is 1. The molecule has 7 nitrogen and oxygen atoms in total. The number of aromatic amines is 1. The largest absolute Gasteiger partial charge is 0.496 e. The molecule has 2 aromatic rings. The number of H-pyrrole nitrogens is 1. The zero-order valence-corrected chi connectivity index (χ0v) is 15.5. The van der Waals surface area contributed by atoms with Gasteiger partial charge in [-0.1, -0.05) is 6.07 Å². The molecule has 1 aromatic carbocycles. The lowest BCUT2D eigenvalue weighted by molar-refractivity contribution is -0.920. The van der Waals surface area contributed by atoms with Crippen molar-refractivity contribution in [2.45, 2.75) is 32.2 Å². The Balaban J connectivity index is 1.92. The van der Waals surface area contributed by atoms with Crippen LogP contribution in [0.25, 0.3) is 10.9 Å². The number of aromatic nitrogens is 1. The second-order valence-corrected chi connectivity index (χ2v) is 6.78. The van der Waals surface area contributed by atoms with E-state index in [1.54, 1.807) is 13.2 Å². The highest BCUT2D eigenvalue weighted by molar-refractivity contribution is 6.13. The number of esters is 1. The molecule has 1 amide bonds. The summed E-state index contributed by atoms with van der Waals surface area (Å²) in [6.07, 6.45) is 3.50. The topological polar surface area (TPSA) is 84.9 Å². The van der Waals surface area contributed by atoms with Gasteiger partial charge in [-0.2, -0.15) is 0 Å². The van der Waals surface area contributed by atoms with Crippen molar-refractivity contribution in [2.24, 2.45) is 0 Å². The molecule has 2 atom stereocenters. The molecule has 0 bridgehead atoms. The molecule has 1 fully saturated rings. The normalized spacial score (nSPS) is 20.0. The molecule has 0 radical (unpaired) electrons. The average Bonchev–Trinajstić information content (AvgIpc) is 3.01. The number of methoxy groups -OCH3 is 2. The highest BCUT2D eigenvalue weighted by Crippen LogP contribution is 2.35. The van der Waals surface area contributed by atoms with E-state index < -0.39 is 5.97 Å². The number of benzene rings is 1. The van der Waals surface area contributed by atoms with Crippen LogP contribution in [0.2, 0.25) is 0 Å². The molecule has 7 heteroatoms. The summed E-state index contributed by atoms with van der Waals surface area (Å²) < 4.78 is 10.3. The Morgan fingerprint density at radius 2 is 2.12 bits per heavy atom. The average molecular weight is 360 g/mol. The van der Waals surface area contributed by atoms with Crippen LogP contribution in [0.5, 0.6) is 5.75 Å². The van der Waals surface area contributed by atoms with Gasteiger partial charge in [0, 0.05) is 0 Å². The van der Waals surface area contributed by atoms with Gasteiger partial charge >= 0.3 is 5.97 Å². The molecule has 140 valence electrons. The molecule has 26 heavy (non-hydrogen) atoms. The van der Waals surface area contributed by atoms with Crippen molar-refractivity contribution in [3.05, 3.63) is 23.9 Å². The fraction of sp³-hybridized carbons (Fsp3) is 0.474. The Morgan fingerprint density at radius 3 is 2.81 bits per heavy atom. The van der Waals surface area contributed by atoms with Crippen molar-refractivity contribution in [1.82, 2.24) is 4.98 Å². The van der Waals surface area contributed by atoms with E-state index in [1.165, 1.54) is 18.4 Å². The first-order valence-electron chi connectivity index (χ1n) is 8.96. The smallest absolute Gasteiger partial charge is 0.356 e. The summed E-state index contributed by atoms with van der Waals surface area (Å²) in [6, 6.07) is 5.92. The van der Waals surface area contributed by atoms with Gasteiger partial charge in [0.1, 0.15) is 11.4 Å². The van der Waals surface area contributed by atoms with Crippen LogP contribution < -0.4 is 15.0 Å². The van der Waals surface area contributed by atoms with Crippen molar-refractivity contribution >= 4 is 28.5 Å². The number of nitrogens with one attached hydrogen (secondary N) is 3. The van der Waals surface area contributed by atoms with Crippen LogP contribution in [-0.2, 0) is 9.53 Å². The number of anilines is 1. The molecular weight excluding hydrogens is 334 g/mol. The third kappa shape index (κ3) is 3.53. The van der Waals surface area contributed by atoms with Gasteiger partial charge in [-0.25, -0.2) is 4.79 Å². The minimum absolute atomic E-state index is 0.120. The van der Waals surface area contributed by atoms with Gasteiger partial charge in [0.25, 0.3) is 5.91 Å². The Morgan fingerprint density at radius 1 is 1.31 bits per heavy atom. The summed E-state index contributed by atoms with van der Waals surface area (Å²) in [4.78, 5) is 29.2. The molecule has 1 unspecified atom stereocenters. The van der Waals surface area contributed by atoms with Gasteiger partial charge < -0.3 is 24.7 Å².